The predicted molar refractivity (Wildman–Crippen MR) is 67.1 cm³/mol. The van der Waals surface area contributed by atoms with Crippen molar-refractivity contribution < 1.29 is 4.74 Å². The van der Waals surface area contributed by atoms with Crippen LogP contribution in [0.5, 0.6) is 0 Å². The molecule has 0 amide bonds. The maximum atomic E-state index is 5.75. The number of hydrogen-bond donors (Lipinski definition) is 2. The minimum atomic E-state index is 0.118. The van der Waals surface area contributed by atoms with Gasteiger partial charge in [0.2, 0.25) is 0 Å². The van der Waals surface area contributed by atoms with Gasteiger partial charge in [-0.05, 0) is 24.5 Å². The Hall–Kier alpha value is -1.32. The summed E-state index contributed by atoms with van der Waals surface area (Å²) in [6, 6.07) is 10.7. The van der Waals surface area contributed by atoms with E-state index in [1.165, 1.54) is 18.4 Å². The lowest BCUT2D eigenvalue weighted by molar-refractivity contribution is 0.202. The van der Waals surface area contributed by atoms with Crippen molar-refractivity contribution in [1.82, 2.24) is 5.43 Å². The molecule has 2 aliphatic rings. The highest BCUT2D eigenvalue weighted by molar-refractivity contribution is 5.37. The van der Waals surface area contributed by atoms with E-state index in [4.69, 9.17) is 10.6 Å². The average molecular weight is 230 g/mol. The molecule has 1 aromatic carbocycles. The summed E-state index contributed by atoms with van der Waals surface area (Å²) in [5, 5.41) is 0. The monoisotopic (exact) mass is 230 g/mol. The molecule has 3 N–H and O–H groups in total. The number of hydrogen-bond acceptors (Lipinski definition) is 3. The van der Waals surface area contributed by atoms with Crippen LogP contribution < -0.4 is 11.3 Å². The van der Waals surface area contributed by atoms with Crippen molar-refractivity contribution in [2.45, 2.75) is 30.7 Å². The summed E-state index contributed by atoms with van der Waals surface area (Å²) in [4.78, 5) is 0. The second-order valence-electron chi connectivity index (χ2n) is 4.87. The van der Waals surface area contributed by atoms with E-state index in [0.29, 0.717) is 0 Å². The van der Waals surface area contributed by atoms with Gasteiger partial charge in [-0.2, -0.15) is 0 Å². The highest BCUT2D eigenvalue weighted by Gasteiger charge is 2.52. The van der Waals surface area contributed by atoms with Crippen LogP contribution in [0, 0.1) is 0 Å². The van der Waals surface area contributed by atoms with E-state index in [-0.39, 0.29) is 11.5 Å². The van der Waals surface area contributed by atoms with E-state index in [1.807, 2.05) is 0 Å². The molecule has 17 heavy (non-hydrogen) atoms. The van der Waals surface area contributed by atoms with Crippen molar-refractivity contribution in [1.29, 1.82) is 0 Å². The molecule has 1 saturated carbocycles. The van der Waals surface area contributed by atoms with E-state index in [0.717, 1.165) is 18.8 Å². The Balaban J connectivity index is 1.91. The van der Waals surface area contributed by atoms with Gasteiger partial charge >= 0.3 is 0 Å². The quantitative estimate of drug-likeness (QED) is 0.613. The molecule has 3 heteroatoms. The third kappa shape index (κ3) is 1.75. The van der Waals surface area contributed by atoms with Crippen molar-refractivity contribution in [2.75, 3.05) is 6.61 Å². The topological polar surface area (TPSA) is 47.3 Å². The number of nitrogens with two attached hydrogens (primary N) is 1. The first-order valence-electron chi connectivity index (χ1n) is 6.21. The van der Waals surface area contributed by atoms with Crippen LogP contribution in [0.2, 0.25) is 0 Å². The molecule has 1 aliphatic heterocycles. The van der Waals surface area contributed by atoms with E-state index >= 15 is 0 Å². The Morgan fingerprint density at radius 3 is 2.53 bits per heavy atom. The van der Waals surface area contributed by atoms with Crippen LogP contribution in [-0.4, -0.2) is 12.6 Å². The summed E-state index contributed by atoms with van der Waals surface area (Å²) in [6.45, 7) is 0.790. The lowest BCUT2D eigenvalue weighted by Gasteiger charge is -2.27. The third-order valence-corrected chi connectivity index (χ3v) is 3.87. The number of rotatable bonds is 4. The standard InChI is InChI=1S/C14H18N2O/c15-16-13(12-7-4-10-17-12)14(8-9-14)11-5-2-1-3-6-11/h1-3,5-7,13,16H,4,8-10,15H2. The van der Waals surface area contributed by atoms with Crippen LogP contribution in [0.15, 0.2) is 42.2 Å². The summed E-state index contributed by atoms with van der Waals surface area (Å²) in [5.74, 6) is 6.77. The predicted octanol–water partition coefficient (Wildman–Crippen LogP) is 1.85. The Kier molecular flexibility index (Phi) is 2.65. The SMILES string of the molecule is NNC(C1=CCCO1)C1(c2ccccc2)CC1. The van der Waals surface area contributed by atoms with Gasteiger partial charge in [0.05, 0.1) is 12.6 Å². The molecule has 1 fully saturated rings. The number of benzene rings is 1. The van der Waals surface area contributed by atoms with Gasteiger partial charge in [0.25, 0.3) is 0 Å². The van der Waals surface area contributed by atoms with E-state index in [2.05, 4.69) is 41.8 Å². The van der Waals surface area contributed by atoms with Crippen LogP contribution in [0.1, 0.15) is 24.8 Å². The van der Waals surface area contributed by atoms with Gasteiger partial charge in [-0.3, -0.25) is 5.84 Å². The largest absolute Gasteiger partial charge is 0.496 e. The third-order valence-electron chi connectivity index (χ3n) is 3.87. The molecule has 1 heterocycles. The molecule has 1 aliphatic carbocycles. The fraction of sp³-hybridized carbons (Fsp3) is 0.429. The van der Waals surface area contributed by atoms with Crippen LogP contribution >= 0.6 is 0 Å². The van der Waals surface area contributed by atoms with Crippen LogP contribution in [0.25, 0.3) is 0 Å². The van der Waals surface area contributed by atoms with Gasteiger partial charge in [0.1, 0.15) is 5.76 Å². The van der Waals surface area contributed by atoms with Gasteiger partial charge < -0.3 is 4.74 Å². The fourth-order valence-corrected chi connectivity index (χ4v) is 2.80. The molecular weight excluding hydrogens is 212 g/mol. The van der Waals surface area contributed by atoms with Crippen molar-refractivity contribution in [3.05, 3.63) is 47.7 Å². The molecule has 3 nitrogen and oxygen atoms in total. The highest BCUT2D eigenvalue weighted by atomic mass is 16.5. The summed E-state index contributed by atoms with van der Waals surface area (Å²) < 4.78 is 5.67. The number of nitrogens with one attached hydrogen (secondary N) is 1. The molecule has 1 unspecified atom stereocenters. The molecule has 1 atom stereocenters. The Morgan fingerprint density at radius 1 is 1.24 bits per heavy atom. The van der Waals surface area contributed by atoms with E-state index in [9.17, 15) is 0 Å². The van der Waals surface area contributed by atoms with Gasteiger partial charge in [-0.25, -0.2) is 5.43 Å². The molecule has 90 valence electrons. The van der Waals surface area contributed by atoms with Gasteiger partial charge in [-0.15, -0.1) is 0 Å². The molecular formula is C14H18N2O. The molecule has 3 rings (SSSR count). The van der Waals surface area contributed by atoms with Crippen molar-refractivity contribution in [3.63, 3.8) is 0 Å². The van der Waals surface area contributed by atoms with Crippen molar-refractivity contribution in [2.24, 2.45) is 5.84 Å². The average Bonchev–Trinajstić information content (AvgIpc) is 3.00. The zero-order valence-corrected chi connectivity index (χ0v) is 9.86. The zero-order valence-electron chi connectivity index (χ0n) is 9.86. The maximum Gasteiger partial charge on any atom is 0.111 e. The minimum absolute atomic E-state index is 0.118. The Bertz CT molecular complexity index is 423. The molecule has 0 bridgehead atoms. The minimum Gasteiger partial charge on any atom is -0.496 e. The van der Waals surface area contributed by atoms with Gasteiger partial charge in [0.15, 0.2) is 0 Å². The smallest absolute Gasteiger partial charge is 0.111 e. The molecule has 0 aromatic heterocycles. The van der Waals surface area contributed by atoms with Crippen LogP contribution in [0.3, 0.4) is 0 Å². The Morgan fingerprint density at radius 2 is 2.00 bits per heavy atom. The summed E-state index contributed by atoms with van der Waals surface area (Å²) in [7, 11) is 0. The van der Waals surface area contributed by atoms with Crippen LogP contribution in [0.4, 0.5) is 0 Å². The lowest BCUT2D eigenvalue weighted by Crippen LogP contribution is -2.45. The zero-order chi connectivity index (χ0) is 11.7. The first-order chi connectivity index (χ1) is 8.37. The summed E-state index contributed by atoms with van der Waals surface area (Å²) in [5.41, 5.74) is 4.46. The fourth-order valence-electron chi connectivity index (χ4n) is 2.80. The van der Waals surface area contributed by atoms with Gasteiger partial charge in [0, 0.05) is 11.8 Å². The molecule has 0 radical (unpaired) electrons. The number of ether oxygens (including phenoxy) is 1. The maximum absolute atomic E-state index is 5.75. The Labute approximate surface area is 102 Å². The van der Waals surface area contributed by atoms with Crippen molar-refractivity contribution >= 4 is 0 Å². The number of hydrazine groups is 1. The normalized spacial score (nSPS) is 22.8. The first kappa shape index (κ1) is 10.8. The van der Waals surface area contributed by atoms with Crippen LogP contribution in [-0.2, 0) is 10.2 Å². The molecule has 0 saturated heterocycles. The van der Waals surface area contributed by atoms with Gasteiger partial charge in [-0.1, -0.05) is 30.3 Å². The first-order valence-corrected chi connectivity index (χ1v) is 6.21. The lowest BCUT2D eigenvalue weighted by atomic mass is 9.87. The second kappa shape index (κ2) is 4.17. The van der Waals surface area contributed by atoms with E-state index < -0.39 is 0 Å². The molecule has 1 aromatic rings. The molecule has 0 spiro atoms. The summed E-state index contributed by atoms with van der Waals surface area (Å²) in [6.07, 6.45) is 5.51. The second-order valence-corrected chi connectivity index (χ2v) is 4.87. The van der Waals surface area contributed by atoms with Crippen molar-refractivity contribution in [3.8, 4) is 0 Å². The highest BCUT2D eigenvalue weighted by Crippen LogP contribution is 2.52. The summed E-state index contributed by atoms with van der Waals surface area (Å²) >= 11 is 0. The van der Waals surface area contributed by atoms with E-state index in [1.54, 1.807) is 0 Å².